The first-order valence-corrected chi connectivity index (χ1v) is 9.45. The summed E-state index contributed by atoms with van der Waals surface area (Å²) in [4.78, 5) is 27.4. The van der Waals surface area contributed by atoms with Crippen molar-refractivity contribution >= 4 is 22.6 Å². The summed E-state index contributed by atoms with van der Waals surface area (Å²) < 4.78 is 7.22. The van der Waals surface area contributed by atoms with E-state index in [1.54, 1.807) is 42.2 Å². The fraction of sp³-hybridized carbons (Fsp3) is 0.400. The van der Waals surface area contributed by atoms with Crippen LogP contribution in [0.25, 0.3) is 16.9 Å². The van der Waals surface area contributed by atoms with Gasteiger partial charge in [-0.05, 0) is 37.0 Å². The Balaban J connectivity index is 1.72. The van der Waals surface area contributed by atoms with E-state index in [-0.39, 0.29) is 5.91 Å². The Labute approximate surface area is 163 Å². The summed E-state index contributed by atoms with van der Waals surface area (Å²) in [5.41, 5.74) is 1.40. The summed E-state index contributed by atoms with van der Waals surface area (Å²) in [6.07, 6.45) is 7.26. The Hall–Kier alpha value is -3.00. The summed E-state index contributed by atoms with van der Waals surface area (Å²) in [5, 5.41) is 4.33. The number of rotatable bonds is 5. The first-order valence-electron chi connectivity index (χ1n) is 9.45. The molecular formula is C20H24N6O2. The summed E-state index contributed by atoms with van der Waals surface area (Å²) in [6.45, 7) is 2.42. The molecule has 0 atom stereocenters. The largest absolute Gasteiger partial charge is 0.381 e. The second-order valence-electron chi connectivity index (χ2n) is 7.21. The molecule has 0 saturated carbocycles. The number of amides is 1. The lowest BCUT2D eigenvalue weighted by atomic mass is 10.0. The number of anilines is 1. The molecule has 0 unspecified atom stereocenters. The highest BCUT2D eigenvalue weighted by Gasteiger charge is 2.17. The number of ether oxygens (including phenoxy) is 1. The van der Waals surface area contributed by atoms with E-state index in [0.29, 0.717) is 17.4 Å². The molecule has 4 rings (SSSR count). The fourth-order valence-corrected chi connectivity index (χ4v) is 3.33. The highest BCUT2D eigenvalue weighted by Crippen LogP contribution is 2.25. The standard InChI is InChI=1S/C20H24N6O2/c1-25(2)19(27)15-3-4-17-16(11-15)18(22-12-14-5-9-28-10-6-14)24-20(23-17)26-8-7-21-13-26/h3-4,7-8,11,13-14H,5-6,9-10,12H2,1-2H3,(H,22,23,24). The van der Waals surface area contributed by atoms with Gasteiger partial charge >= 0.3 is 0 Å². The number of fused-ring (bicyclic) bond motifs is 1. The number of benzene rings is 1. The number of nitrogens with zero attached hydrogens (tertiary/aromatic N) is 5. The van der Waals surface area contributed by atoms with Gasteiger partial charge in [0.2, 0.25) is 5.95 Å². The maximum atomic E-state index is 12.4. The van der Waals surface area contributed by atoms with Crippen LogP contribution in [-0.4, -0.2) is 64.2 Å². The zero-order chi connectivity index (χ0) is 19.5. The summed E-state index contributed by atoms with van der Waals surface area (Å²) >= 11 is 0. The predicted molar refractivity (Wildman–Crippen MR) is 107 cm³/mol. The van der Waals surface area contributed by atoms with Crippen LogP contribution >= 0.6 is 0 Å². The van der Waals surface area contributed by atoms with Gasteiger partial charge in [0, 0.05) is 57.2 Å². The number of carbonyl (C=O) groups excluding carboxylic acids is 1. The van der Waals surface area contributed by atoms with Crippen LogP contribution in [0.5, 0.6) is 0 Å². The van der Waals surface area contributed by atoms with Crippen LogP contribution < -0.4 is 5.32 Å². The third-order valence-electron chi connectivity index (χ3n) is 4.97. The molecule has 8 nitrogen and oxygen atoms in total. The quantitative estimate of drug-likeness (QED) is 0.731. The number of imidazole rings is 1. The van der Waals surface area contributed by atoms with Crippen molar-refractivity contribution < 1.29 is 9.53 Å². The van der Waals surface area contributed by atoms with Crippen molar-refractivity contribution in [3.05, 3.63) is 42.5 Å². The normalized spacial score (nSPS) is 14.9. The van der Waals surface area contributed by atoms with Gasteiger partial charge in [0.05, 0.1) is 5.52 Å². The second kappa shape index (κ2) is 7.93. The molecule has 1 N–H and O–H groups in total. The number of aromatic nitrogens is 4. The third-order valence-corrected chi connectivity index (χ3v) is 4.97. The number of carbonyl (C=O) groups is 1. The molecule has 146 valence electrons. The number of nitrogens with one attached hydrogen (secondary N) is 1. The van der Waals surface area contributed by atoms with Crippen LogP contribution in [0.15, 0.2) is 36.9 Å². The molecule has 28 heavy (non-hydrogen) atoms. The van der Waals surface area contributed by atoms with Crippen molar-refractivity contribution in [1.29, 1.82) is 0 Å². The molecule has 0 radical (unpaired) electrons. The topological polar surface area (TPSA) is 85.2 Å². The monoisotopic (exact) mass is 380 g/mol. The Morgan fingerprint density at radius 2 is 2.11 bits per heavy atom. The Morgan fingerprint density at radius 3 is 2.82 bits per heavy atom. The zero-order valence-electron chi connectivity index (χ0n) is 16.1. The molecule has 1 amide bonds. The third kappa shape index (κ3) is 3.82. The lowest BCUT2D eigenvalue weighted by molar-refractivity contribution is 0.0699. The Bertz CT molecular complexity index is 964. The molecule has 1 aromatic carbocycles. The second-order valence-corrected chi connectivity index (χ2v) is 7.21. The molecule has 1 fully saturated rings. The van der Waals surface area contributed by atoms with Gasteiger partial charge in [0.1, 0.15) is 12.1 Å². The van der Waals surface area contributed by atoms with Gasteiger partial charge < -0.3 is 15.0 Å². The van der Waals surface area contributed by atoms with Crippen molar-refractivity contribution in [1.82, 2.24) is 24.4 Å². The van der Waals surface area contributed by atoms with E-state index in [1.165, 1.54) is 0 Å². The number of hydrogen-bond donors (Lipinski definition) is 1. The molecule has 3 heterocycles. The van der Waals surface area contributed by atoms with E-state index in [9.17, 15) is 4.79 Å². The SMILES string of the molecule is CN(C)C(=O)c1ccc2nc(-n3ccnc3)nc(NCC3CCOCC3)c2c1. The predicted octanol–water partition coefficient (Wildman–Crippen LogP) is 2.36. The van der Waals surface area contributed by atoms with Crippen LogP contribution in [-0.2, 0) is 4.74 Å². The smallest absolute Gasteiger partial charge is 0.253 e. The molecular weight excluding hydrogens is 356 g/mol. The molecule has 1 aliphatic heterocycles. The van der Waals surface area contributed by atoms with E-state index >= 15 is 0 Å². The minimum Gasteiger partial charge on any atom is -0.381 e. The van der Waals surface area contributed by atoms with Gasteiger partial charge in [-0.2, -0.15) is 4.98 Å². The van der Waals surface area contributed by atoms with Crippen molar-refractivity contribution in [2.24, 2.45) is 5.92 Å². The molecule has 0 aliphatic carbocycles. The lowest BCUT2D eigenvalue weighted by Gasteiger charge is -2.23. The van der Waals surface area contributed by atoms with Crippen molar-refractivity contribution in [2.45, 2.75) is 12.8 Å². The van der Waals surface area contributed by atoms with Gasteiger partial charge in [-0.15, -0.1) is 0 Å². The Kier molecular flexibility index (Phi) is 5.21. The van der Waals surface area contributed by atoms with Crippen molar-refractivity contribution in [3.8, 4) is 5.95 Å². The molecule has 2 aromatic heterocycles. The van der Waals surface area contributed by atoms with Crippen LogP contribution in [0.4, 0.5) is 5.82 Å². The average molecular weight is 380 g/mol. The minimum atomic E-state index is -0.0454. The van der Waals surface area contributed by atoms with Crippen LogP contribution in [0.3, 0.4) is 0 Å². The van der Waals surface area contributed by atoms with Crippen LogP contribution in [0.1, 0.15) is 23.2 Å². The van der Waals surface area contributed by atoms with E-state index in [2.05, 4.69) is 15.3 Å². The van der Waals surface area contributed by atoms with Gasteiger partial charge in [0.25, 0.3) is 5.91 Å². The van der Waals surface area contributed by atoms with Gasteiger partial charge in [0.15, 0.2) is 0 Å². The van der Waals surface area contributed by atoms with Crippen LogP contribution in [0, 0.1) is 5.92 Å². The molecule has 3 aromatic rings. The molecule has 0 bridgehead atoms. The first kappa shape index (κ1) is 18.4. The lowest BCUT2D eigenvalue weighted by Crippen LogP contribution is -2.23. The van der Waals surface area contributed by atoms with Gasteiger partial charge in [-0.1, -0.05) is 0 Å². The summed E-state index contributed by atoms with van der Waals surface area (Å²) in [6, 6.07) is 5.53. The molecule has 1 saturated heterocycles. The summed E-state index contributed by atoms with van der Waals surface area (Å²) in [5.74, 6) is 1.78. The maximum Gasteiger partial charge on any atom is 0.253 e. The van der Waals surface area contributed by atoms with E-state index in [4.69, 9.17) is 9.72 Å². The van der Waals surface area contributed by atoms with Crippen molar-refractivity contribution in [2.75, 3.05) is 39.2 Å². The highest BCUT2D eigenvalue weighted by atomic mass is 16.5. The number of hydrogen-bond acceptors (Lipinski definition) is 6. The van der Waals surface area contributed by atoms with Crippen molar-refractivity contribution in [3.63, 3.8) is 0 Å². The van der Waals surface area contributed by atoms with Gasteiger partial charge in [-0.25, -0.2) is 9.97 Å². The average Bonchev–Trinajstić information content (AvgIpc) is 3.26. The van der Waals surface area contributed by atoms with E-state index < -0.39 is 0 Å². The molecule has 1 aliphatic rings. The van der Waals surface area contributed by atoms with E-state index in [1.807, 2.05) is 18.3 Å². The maximum absolute atomic E-state index is 12.4. The van der Waals surface area contributed by atoms with Gasteiger partial charge in [-0.3, -0.25) is 9.36 Å². The minimum absolute atomic E-state index is 0.0454. The van der Waals surface area contributed by atoms with E-state index in [0.717, 1.165) is 49.3 Å². The zero-order valence-corrected chi connectivity index (χ0v) is 16.1. The molecule has 0 spiro atoms. The summed E-state index contributed by atoms with van der Waals surface area (Å²) in [7, 11) is 3.49. The molecule has 8 heteroatoms. The fourth-order valence-electron chi connectivity index (χ4n) is 3.33. The first-order chi connectivity index (χ1) is 13.6. The van der Waals surface area contributed by atoms with Crippen LogP contribution in [0.2, 0.25) is 0 Å². The highest BCUT2D eigenvalue weighted by molar-refractivity contribution is 6.00. The Morgan fingerprint density at radius 1 is 1.29 bits per heavy atom.